The predicted octanol–water partition coefficient (Wildman–Crippen LogP) is 3.36. The number of rotatable bonds is 8. The Labute approximate surface area is 168 Å². The SMILES string of the molecule is CCOC(=O)COc1ccc(/C=N\NC(=O)c2ccc(C)cc2Cl)cc1OC. The summed E-state index contributed by atoms with van der Waals surface area (Å²) in [4.78, 5) is 23.5. The van der Waals surface area contributed by atoms with Crippen LogP contribution in [0.5, 0.6) is 11.5 Å². The lowest BCUT2D eigenvalue weighted by molar-refractivity contribution is -0.145. The van der Waals surface area contributed by atoms with Gasteiger partial charge in [-0.05, 0) is 55.3 Å². The number of hydrazone groups is 1. The molecule has 0 aliphatic rings. The highest BCUT2D eigenvalue weighted by Crippen LogP contribution is 2.27. The second kappa shape index (κ2) is 10.3. The number of nitrogens with zero attached hydrogens (tertiary/aromatic N) is 1. The number of carbonyl (C=O) groups is 2. The van der Waals surface area contributed by atoms with Gasteiger partial charge in [-0.15, -0.1) is 0 Å². The molecule has 0 heterocycles. The number of halogens is 1. The van der Waals surface area contributed by atoms with Crippen LogP contribution in [0, 0.1) is 6.92 Å². The first-order chi connectivity index (χ1) is 13.4. The molecule has 0 aliphatic carbocycles. The molecule has 0 atom stereocenters. The van der Waals surface area contributed by atoms with Crippen molar-refractivity contribution < 1.29 is 23.8 Å². The van der Waals surface area contributed by atoms with E-state index in [4.69, 9.17) is 25.8 Å². The molecule has 0 aromatic heterocycles. The molecular weight excluding hydrogens is 384 g/mol. The zero-order valence-electron chi connectivity index (χ0n) is 15.8. The Morgan fingerprint density at radius 2 is 1.96 bits per heavy atom. The van der Waals surface area contributed by atoms with Gasteiger partial charge in [-0.2, -0.15) is 5.10 Å². The molecule has 0 saturated carbocycles. The quantitative estimate of drug-likeness (QED) is 0.414. The van der Waals surface area contributed by atoms with Gasteiger partial charge in [0.1, 0.15) is 0 Å². The van der Waals surface area contributed by atoms with Crippen LogP contribution in [0.25, 0.3) is 0 Å². The highest BCUT2D eigenvalue weighted by Gasteiger charge is 2.10. The van der Waals surface area contributed by atoms with E-state index < -0.39 is 11.9 Å². The van der Waals surface area contributed by atoms with E-state index >= 15 is 0 Å². The largest absolute Gasteiger partial charge is 0.493 e. The Morgan fingerprint density at radius 1 is 1.18 bits per heavy atom. The standard InChI is InChI=1S/C20H21ClN2O5/c1-4-27-19(24)12-28-17-8-6-14(10-18(17)26-3)11-22-23-20(25)15-7-5-13(2)9-16(15)21/h5-11H,4,12H2,1-3H3,(H,23,25)/b22-11-. The molecule has 28 heavy (non-hydrogen) atoms. The monoisotopic (exact) mass is 404 g/mol. The number of nitrogens with one attached hydrogen (secondary N) is 1. The van der Waals surface area contributed by atoms with Gasteiger partial charge in [0.05, 0.1) is 30.5 Å². The van der Waals surface area contributed by atoms with E-state index in [2.05, 4.69) is 10.5 Å². The minimum Gasteiger partial charge on any atom is -0.493 e. The molecule has 0 fully saturated rings. The zero-order valence-corrected chi connectivity index (χ0v) is 16.6. The van der Waals surface area contributed by atoms with Crippen molar-refractivity contribution in [1.82, 2.24) is 5.43 Å². The number of ether oxygens (including phenoxy) is 3. The van der Waals surface area contributed by atoms with E-state index in [1.54, 1.807) is 43.3 Å². The lowest BCUT2D eigenvalue weighted by atomic mass is 10.1. The lowest BCUT2D eigenvalue weighted by Gasteiger charge is -2.10. The maximum absolute atomic E-state index is 12.1. The van der Waals surface area contributed by atoms with Crippen LogP contribution in [0.4, 0.5) is 0 Å². The third kappa shape index (κ3) is 5.99. The molecule has 2 aromatic rings. The van der Waals surface area contributed by atoms with Crippen LogP contribution in [0.1, 0.15) is 28.4 Å². The minimum atomic E-state index is -0.465. The maximum Gasteiger partial charge on any atom is 0.344 e. The summed E-state index contributed by atoms with van der Waals surface area (Å²) in [7, 11) is 1.48. The van der Waals surface area contributed by atoms with Crippen molar-refractivity contribution in [2.75, 3.05) is 20.3 Å². The van der Waals surface area contributed by atoms with Crippen molar-refractivity contribution in [2.45, 2.75) is 13.8 Å². The Bertz CT molecular complexity index is 883. The number of hydrogen-bond acceptors (Lipinski definition) is 6. The summed E-state index contributed by atoms with van der Waals surface area (Å²) >= 11 is 6.07. The summed E-state index contributed by atoms with van der Waals surface area (Å²) in [6, 6.07) is 10.1. The molecule has 1 N–H and O–H groups in total. The molecule has 8 heteroatoms. The molecule has 0 radical (unpaired) electrons. The fourth-order valence-corrected chi connectivity index (χ4v) is 2.57. The van der Waals surface area contributed by atoms with Gasteiger partial charge in [0.2, 0.25) is 0 Å². The highest BCUT2D eigenvalue weighted by atomic mass is 35.5. The van der Waals surface area contributed by atoms with E-state index in [0.717, 1.165) is 5.56 Å². The molecule has 0 unspecified atom stereocenters. The molecule has 2 rings (SSSR count). The average molecular weight is 405 g/mol. The van der Waals surface area contributed by atoms with Gasteiger partial charge in [-0.3, -0.25) is 4.79 Å². The van der Waals surface area contributed by atoms with Crippen molar-refractivity contribution in [1.29, 1.82) is 0 Å². The van der Waals surface area contributed by atoms with Crippen molar-refractivity contribution >= 4 is 29.7 Å². The molecule has 0 spiro atoms. The van der Waals surface area contributed by atoms with Gasteiger partial charge in [-0.25, -0.2) is 10.2 Å². The minimum absolute atomic E-state index is 0.217. The van der Waals surface area contributed by atoms with Gasteiger partial charge in [0.15, 0.2) is 18.1 Å². The molecule has 0 bridgehead atoms. The van der Waals surface area contributed by atoms with Gasteiger partial charge in [0.25, 0.3) is 5.91 Å². The Hall–Kier alpha value is -3.06. The number of hydrogen-bond donors (Lipinski definition) is 1. The van der Waals surface area contributed by atoms with Crippen molar-refractivity contribution in [3.63, 3.8) is 0 Å². The van der Waals surface area contributed by atoms with Crippen LogP contribution in [-0.4, -0.2) is 38.4 Å². The Morgan fingerprint density at radius 3 is 2.64 bits per heavy atom. The number of aryl methyl sites for hydroxylation is 1. The van der Waals surface area contributed by atoms with Crippen molar-refractivity contribution in [3.05, 3.63) is 58.1 Å². The number of benzene rings is 2. The average Bonchev–Trinajstić information content (AvgIpc) is 2.66. The summed E-state index contributed by atoms with van der Waals surface area (Å²) in [6.07, 6.45) is 1.46. The van der Waals surface area contributed by atoms with Crippen LogP contribution < -0.4 is 14.9 Å². The van der Waals surface area contributed by atoms with E-state index in [1.165, 1.54) is 13.3 Å². The van der Waals surface area contributed by atoms with Crippen LogP contribution in [0.15, 0.2) is 41.5 Å². The van der Waals surface area contributed by atoms with Crippen molar-refractivity contribution in [2.24, 2.45) is 5.10 Å². The highest BCUT2D eigenvalue weighted by molar-refractivity contribution is 6.33. The van der Waals surface area contributed by atoms with Crippen LogP contribution in [0.2, 0.25) is 5.02 Å². The fourth-order valence-electron chi connectivity index (χ4n) is 2.25. The first-order valence-corrected chi connectivity index (χ1v) is 8.88. The smallest absolute Gasteiger partial charge is 0.344 e. The van der Waals surface area contributed by atoms with Crippen LogP contribution in [0.3, 0.4) is 0 Å². The first kappa shape index (κ1) is 21.2. The van der Waals surface area contributed by atoms with E-state index in [0.29, 0.717) is 27.6 Å². The molecule has 1 amide bonds. The summed E-state index contributed by atoms with van der Waals surface area (Å²) in [6.45, 7) is 3.68. The molecule has 148 valence electrons. The molecule has 2 aromatic carbocycles. The maximum atomic E-state index is 12.1. The summed E-state index contributed by atoms with van der Waals surface area (Å²) < 4.78 is 15.5. The van der Waals surface area contributed by atoms with Crippen LogP contribution >= 0.6 is 11.6 Å². The molecule has 0 saturated heterocycles. The fraction of sp³-hybridized carbons (Fsp3) is 0.250. The predicted molar refractivity (Wildman–Crippen MR) is 106 cm³/mol. The molecular formula is C20H21ClN2O5. The van der Waals surface area contributed by atoms with Gasteiger partial charge in [0, 0.05) is 0 Å². The number of esters is 1. The summed E-state index contributed by atoms with van der Waals surface area (Å²) in [5.41, 5.74) is 4.39. The lowest BCUT2D eigenvalue weighted by Crippen LogP contribution is -2.18. The summed E-state index contributed by atoms with van der Waals surface area (Å²) in [5, 5.41) is 4.29. The van der Waals surface area contributed by atoms with E-state index in [9.17, 15) is 9.59 Å². The summed E-state index contributed by atoms with van der Waals surface area (Å²) in [5.74, 6) is -0.0698. The topological polar surface area (TPSA) is 86.2 Å². The Kier molecular flexibility index (Phi) is 7.83. The van der Waals surface area contributed by atoms with Gasteiger partial charge < -0.3 is 14.2 Å². The molecule has 0 aliphatic heterocycles. The van der Waals surface area contributed by atoms with Crippen LogP contribution in [-0.2, 0) is 9.53 Å². The van der Waals surface area contributed by atoms with Gasteiger partial charge >= 0.3 is 5.97 Å². The van der Waals surface area contributed by atoms with Crippen molar-refractivity contribution in [3.8, 4) is 11.5 Å². The Balaban J connectivity index is 2.01. The number of carbonyl (C=O) groups excluding carboxylic acids is 2. The van der Waals surface area contributed by atoms with E-state index in [1.807, 2.05) is 6.92 Å². The second-order valence-corrected chi connectivity index (χ2v) is 6.09. The van der Waals surface area contributed by atoms with E-state index in [-0.39, 0.29) is 13.2 Å². The normalized spacial score (nSPS) is 10.6. The third-order valence-corrected chi connectivity index (χ3v) is 3.90. The first-order valence-electron chi connectivity index (χ1n) is 8.50. The zero-order chi connectivity index (χ0) is 20.5. The molecule has 7 nitrogen and oxygen atoms in total. The number of amides is 1. The third-order valence-electron chi connectivity index (χ3n) is 3.59. The van der Waals surface area contributed by atoms with Gasteiger partial charge in [-0.1, -0.05) is 17.7 Å². The second-order valence-electron chi connectivity index (χ2n) is 5.69. The number of methoxy groups -OCH3 is 1.